The van der Waals surface area contributed by atoms with E-state index in [1.54, 1.807) is 0 Å². The average molecular weight is 316 g/mol. The molecule has 1 heterocycles. The van der Waals surface area contributed by atoms with Crippen LogP contribution in [0.4, 0.5) is 0 Å². The molecule has 0 aliphatic carbocycles. The number of aliphatic hydroxyl groups is 1. The van der Waals surface area contributed by atoms with Crippen molar-refractivity contribution in [2.75, 3.05) is 0 Å². The van der Waals surface area contributed by atoms with Gasteiger partial charge in [-0.2, -0.15) is 0 Å². The van der Waals surface area contributed by atoms with Crippen LogP contribution in [0.25, 0.3) is 0 Å². The molecule has 1 saturated heterocycles. The molecule has 0 aromatic heterocycles. The Kier molecular flexibility index (Phi) is 8.74. The zero-order chi connectivity index (χ0) is 17.1. The summed E-state index contributed by atoms with van der Waals surface area (Å²) in [6, 6.07) is 0. The normalized spacial score (nSPS) is 23.1. The van der Waals surface area contributed by atoms with Gasteiger partial charge in [0, 0.05) is 6.42 Å². The standard InChI is InChI=1S/C20H28O3/c1-5-7-8-9-12-15-18-19(23-20(3,4)22-18)16-13-10-11-14-17(21)6-2/h5-6,17-19,21H,1-2,7-9,12,15-16H2,3-4H3. The molecule has 0 saturated carbocycles. The molecule has 0 bridgehead atoms. The summed E-state index contributed by atoms with van der Waals surface area (Å²) >= 11 is 0. The number of aliphatic hydroxyl groups excluding tert-OH is 1. The minimum absolute atomic E-state index is 0.0250. The van der Waals surface area contributed by atoms with Crippen LogP contribution in [0.5, 0.6) is 0 Å². The molecule has 3 atom stereocenters. The van der Waals surface area contributed by atoms with Crippen molar-refractivity contribution in [2.24, 2.45) is 0 Å². The van der Waals surface area contributed by atoms with Crippen LogP contribution in [-0.2, 0) is 9.47 Å². The van der Waals surface area contributed by atoms with Crippen molar-refractivity contribution in [2.45, 2.75) is 76.5 Å². The summed E-state index contributed by atoms with van der Waals surface area (Å²) in [6.07, 6.45) is 8.66. The maximum atomic E-state index is 9.23. The third-order valence-corrected chi connectivity index (χ3v) is 3.58. The van der Waals surface area contributed by atoms with Gasteiger partial charge in [-0.15, -0.1) is 6.58 Å². The van der Waals surface area contributed by atoms with Gasteiger partial charge in [0.2, 0.25) is 0 Å². The zero-order valence-corrected chi connectivity index (χ0v) is 14.3. The van der Waals surface area contributed by atoms with Crippen LogP contribution in [0.3, 0.4) is 0 Å². The first kappa shape index (κ1) is 19.5. The molecule has 1 rings (SSSR count). The smallest absolute Gasteiger partial charge is 0.163 e. The van der Waals surface area contributed by atoms with Crippen molar-refractivity contribution in [1.29, 1.82) is 0 Å². The van der Waals surface area contributed by atoms with Gasteiger partial charge in [-0.1, -0.05) is 43.4 Å². The molecule has 0 aromatic rings. The molecular weight excluding hydrogens is 288 g/mol. The number of hydrogen-bond acceptors (Lipinski definition) is 3. The van der Waals surface area contributed by atoms with E-state index in [1.165, 1.54) is 18.9 Å². The molecule has 3 heteroatoms. The third-order valence-electron chi connectivity index (χ3n) is 3.58. The fourth-order valence-electron chi connectivity index (χ4n) is 2.50. The van der Waals surface area contributed by atoms with E-state index in [4.69, 9.17) is 9.47 Å². The molecule has 1 fully saturated rings. The highest BCUT2D eigenvalue weighted by atomic mass is 16.7. The van der Waals surface area contributed by atoms with Crippen LogP contribution in [0.1, 0.15) is 52.4 Å². The predicted octanol–water partition coefficient (Wildman–Crippen LogP) is 3.59. The molecule has 1 aliphatic heterocycles. The summed E-state index contributed by atoms with van der Waals surface area (Å²) in [5.74, 6) is 10.4. The summed E-state index contributed by atoms with van der Waals surface area (Å²) in [7, 11) is 0. The van der Waals surface area contributed by atoms with Crippen molar-refractivity contribution in [3.63, 3.8) is 0 Å². The summed E-state index contributed by atoms with van der Waals surface area (Å²) in [5.41, 5.74) is 0. The Morgan fingerprint density at radius 3 is 2.57 bits per heavy atom. The molecule has 126 valence electrons. The molecule has 0 radical (unpaired) electrons. The van der Waals surface area contributed by atoms with Crippen molar-refractivity contribution in [3.05, 3.63) is 25.3 Å². The first-order valence-electron chi connectivity index (χ1n) is 8.24. The number of unbranched alkanes of at least 4 members (excludes halogenated alkanes) is 3. The minimum atomic E-state index is -0.822. The van der Waals surface area contributed by atoms with Crippen molar-refractivity contribution in [1.82, 2.24) is 0 Å². The van der Waals surface area contributed by atoms with Gasteiger partial charge < -0.3 is 14.6 Å². The lowest BCUT2D eigenvalue weighted by Crippen LogP contribution is -2.21. The van der Waals surface area contributed by atoms with Gasteiger partial charge in [-0.3, -0.25) is 0 Å². The number of ether oxygens (including phenoxy) is 2. The topological polar surface area (TPSA) is 38.7 Å². The van der Waals surface area contributed by atoms with E-state index in [0.29, 0.717) is 6.42 Å². The van der Waals surface area contributed by atoms with E-state index in [2.05, 4.69) is 36.8 Å². The lowest BCUT2D eigenvalue weighted by molar-refractivity contribution is -0.146. The monoisotopic (exact) mass is 316 g/mol. The largest absolute Gasteiger partial charge is 0.377 e. The third kappa shape index (κ3) is 8.05. The van der Waals surface area contributed by atoms with Crippen molar-refractivity contribution < 1.29 is 14.6 Å². The molecule has 0 spiro atoms. The Labute approximate surface area is 140 Å². The molecule has 1 aliphatic rings. The van der Waals surface area contributed by atoms with Crippen molar-refractivity contribution in [3.8, 4) is 23.7 Å². The first-order valence-corrected chi connectivity index (χ1v) is 8.24. The van der Waals surface area contributed by atoms with Gasteiger partial charge in [0.25, 0.3) is 0 Å². The zero-order valence-electron chi connectivity index (χ0n) is 14.3. The Bertz CT molecular complexity index is 498. The molecular formula is C20H28O3. The van der Waals surface area contributed by atoms with Crippen LogP contribution in [0.15, 0.2) is 25.3 Å². The lowest BCUT2D eigenvalue weighted by atomic mass is 10.0. The molecule has 0 amide bonds. The fraction of sp³-hybridized carbons (Fsp3) is 0.600. The van der Waals surface area contributed by atoms with Gasteiger partial charge in [0.1, 0.15) is 6.10 Å². The molecule has 0 aromatic carbocycles. The van der Waals surface area contributed by atoms with Crippen LogP contribution < -0.4 is 0 Å². The van der Waals surface area contributed by atoms with Crippen LogP contribution >= 0.6 is 0 Å². The maximum absolute atomic E-state index is 9.23. The van der Waals surface area contributed by atoms with Crippen molar-refractivity contribution >= 4 is 0 Å². The second-order valence-corrected chi connectivity index (χ2v) is 6.09. The summed E-state index contributed by atoms with van der Waals surface area (Å²) in [5, 5.41) is 9.23. The molecule has 3 nitrogen and oxygen atoms in total. The van der Waals surface area contributed by atoms with Gasteiger partial charge in [-0.25, -0.2) is 0 Å². The molecule has 23 heavy (non-hydrogen) atoms. The van der Waals surface area contributed by atoms with E-state index >= 15 is 0 Å². The SMILES string of the molecule is C=CCCCCCC1OC(C)(C)OC1CC#CC#CC(O)C=C. The predicted molar refractivity (Wildman–Crippen MR) is 93.5 cm³/mol. The fourth-order valence-corrected chi connectivity index (χ4v) is 2.50. The summed E-state index contributed by atoms with van der Waals surface area (Å²) in [4.78, 5) is 0. The van der Waals surface area contributed by atoms with E-state index < -0.39 is 11.9 Å². The molecule has 1 N–H and O–H groups in total. The highest BCUT2D eigenvalue weighted by Crippen LogP contribution is 2.32. The van der Waals surface area contributed by atoms with Gasteiger partial charge in [0.05, 0.1) is 12.2 Å². The Hall–Kier alpha value is -1.52. The summed E-state index contributed by atoms with van der Waals surface area (Å²) in [6.45, 7) is 11.1. The van der Waals surface area contributed by atoms with Crippen LogP contribution in [0.2, 0.25) is 0 Å². The second-order valence-electron chi connectivity index (χ2n) is 6.09. The summed E-state index contributed by atoms with van der Waals surface area (Å²) < 4.78 is 11.9. The van der Waals surface area contributed by atoms with E-state index in [-0.39, 0.29) is 12.2 Å². The Morgan fingerprint density at radius 2 is 1.87 bits per heavy atom. The quantitative estimate of drug-likeness (QED) is 0.422. The maximum Gasteiger partial charge on any atom is 0.163 e. The lowest BCUT2D eigenvalue weighted by Gasteiger charge is -2.16. The van der Waals surface area contributed by atoms with E-state index in [9.17, 15) is 5.11 Å². The average Bonchev–Trinajstić information content (AvgIpc) is 2.80. The number of rotatable bonds is 8. The Balaban J connectivity index is 2.46. The van der Waals surface area contributed by atoms with E-state index in [0.717, 1.165) is 19.3 Å². The first-order chi connectivity index (χ1) is 11.0. The second kappa shape index (κ2) is 10.3. The number of allylic oxidation sites excluding steroid dienone is 1. The minimum Gasteiger partial charge on any atom is -0.377 e. The van der Waals surface area contributed by atoms with E-state index in [1.807, 2.05) is 19.9 Å². The highest BCUT2D eigenvalue weighted by molar-refractivity contribution is 5.28. The van der Waals surface area contributed by atoms with Gasteiger partial charge in [-0.05, 0) is 45.0 Å². The number of hydrogen-bond donors (Lipinski definition) is 1. The van der Waals surface area contributed by atoms with Crippen LogP contribution in [-0.4, -0.2) is 29.2 Å². The van der Waals surface area contributed by atoms with Gasteiger partial charge in [0.15, 0.2) is 5.79 Å². The molecule has 3 unspecified atom stereocenters. The van der Waals surface area contributed by atoms with Crippen LogP contribution in [0, 0.1) is 23.7 Å². The highest BCUT2D eigenvalue weighted by Gasteiger charge is 2.40. The van der Waals surface area contributed by atoms with Gasteiger partial charge >= 0.3 is 0 Å². The Morgan fingerprint density at radius 1 is 1.13 bits per heavy atom.